The fourth-order valence-electron chi connectivity index (χ4n) is 3.68. The van der Waals surface area contributed by atoms with E-state index in [2.05, 4.69) is 10.1 Å². The van der Waals surface area contributed by atoms with Crippen LogP contribution in [0.15, 0.2) is 77.3 Å². The SMILES string of the molecule is Cc1ccc(N2C[C@H](c3nc(-c4ccc(Oc5ccc(F)cc5)cc4)no3)CC2=O)cc1. The van der Waals surface area contributed by atoms with E-state index in [9.17, 15) is 9.18 Å². The molecular weight excluding hydrogens is 409 g/mol. The molecule has 0 radical (unpaired) electrons. The number of halogens is 1. The lowest BCUT2D eigenvalue weighted by atomic mass is 10.1. The fourth-order valence-corrected chi connectivity index (χ4v) is 3.68. The van der Waals surface area contributed by atoms with E-state index in [1.54, 1.807) is 29.2 Å². The van der Waals surface area contributed by atoms with Crippen LogP contribution in [0.4, 0.5) is 10.1 Å². The number of amides is 1. The topological polar surface area (TPSA) is 68.5 Å². The Morgan fingerprint density at radius 2 is 1.62 bits per heavy atom. The van der Waals surface area contributed by atoms with Gasteiger partial charge in [0.15, 0.2) is 0 Å². The average molecular weight is 429 g/mol. The summed E-state index contributed by atoms with van der Waals surface area (Å²) in [5, 5.41) is 4.09. The van der Waals surface area contributed by atoms with E-state index in [0.717, 1.165) is 16.8 Å². The van der Waals surface area contributed by atoms with Crippen molar-refractivity contribution in [1.82, 2.24) is 10.1 Å². The molecule has 0 spiro atoms. The van der Waals surface area contributed by atoms with Crippen molar-refractivity contribution < 1.29 is 18.4 Å². The molecule has 1 saturated heterocycles. The van der Waals surface area contributed by atoms with Gasteiger partial charge in [-0.25, -0.2) is 4.39 Å². The molecule has 160 valence electrons. The van der Waals surface area contributed by atoms with Crippen LogP contribution in [0.5, 0.6) is 11.5 Å². The summed E-state index contributed by atoms with van der Waals surface area (Å²) in [5.41, 5.74) is 2.79. The zero-order valence-corrected chi connectivity index (χ0v) is 17.4. The number of aryl methyl sites for hydroxylation is 1. The third kappa shape index (κ3) is 4.09. The van der Waals surface area contributed by atoms with Crippen molar-refractivity contribution >= 4 is 11.6 Å². The molecule has 3 aromatic carbocycles. The van der Waals surface area contributed by atoms with E-state index < -0.39 is 0 Å². The molecule has 1 amide bonds. The molecule has 5 rings (SSSR count). The van der Waals surface area contributed by atoms with E-state index in [-0.39, 0.29) is 17.6 Å². The van der Waals surface area contributed by atoms with Crippen LogP contribution in [0.2, 0.25) is 0 Å². The Balaban J connectivity index is 1.28. The minimum Gasteiger partial charge on any atom is -0.457 e. The summed E-state index contributed by atoms with van der Waals surface area (Å²) >= 11 is 0. The van der Waals surface area contributed by atoms with Crippen LogP contribution in [0, 0.1) is 12.7 Å². The van der Waals surface area contributed by atoms with Crippen LogP contribution >= 0.6 is 0 Å². The maximum absolute atomic E-state index is 13.0. The molecule has 0 unspecified atom stereocenters. The van der Waals surface area contributed by atoms with Gasteiger partial charge in [-0.2, -0.15) is 4.98 Å². The van der Waals surface area contributed by atoms with Crippen LogP contribution < -0.4 is 9.64 Å². The van der Waals surface area contributed by atoms with Crippen LogP contribution in [0.1, 0.15) is 23.8 Å². The standard InChI is InChI=1S/C25H20FN3O3/c1-16-2-8-20(9-3-16)29-15-18(14-23(29)30)25-27-24(28-32-25)17-4-10-21(11-5-17)31-22-12-6-19(26)7-13-22/h2-13,18H,14-15H2,1H3/t18-/m1/s1. The minimum absolute atomic E-state index is 0.0425. The zero-order valence-electron chi connectivity index (χ0n) is 17.4. The maximum atomic E-state index is 13.0. The Kier molecular flexibility index (Phi) is 5.15. The van der Waals surface area contributed by atoms with Crippen molar-refractivity contribution in [3.05, 3.63) is 90.1 Å². The number of nitrogens with zero attached hydrogens (tertiary/aromatic N) is 3. The molecule has 4 aromatic rings. The van der Waals surface area contributed by atoms with E-state index in [4.69, 9.17) is 9.26 Å². The Labute approximate surface area is 184 Å². The van der Waals surface area contributed by atoms with Gasteiger partial charge < -0.3 is 14.2 Å². The van der Waals surface area contributed by atoms with Gasteiger partial charge in [0, 0.05) is 24.2 Å². The molecule has 1 aliphatic rings. The summed E-state index contributed by atoms with van der Waals surface area (Å²) in [6, 6.07) is 20.9. The number of carbonyl (C=O) groups excluding carboxylic acids is 1. The van der Waals surface area contributed by atoms with E-state index in [1.807, 2.05) is 43.3 Å². The van der Waals surface area contributed by atoms with Gasteiger partial charge in [-0.3, -0.25) is 4.79 Å². The van der Waals surface area contributed by atoms with Crippen molar-refractivity contribution in [3.8, 4) is 22.9 Å². The van der Waals surface area contributed by atoms with Crippen molar-refractivity contribution in [2.75, 3.05) is 11.4 Å². The second-order valence-electron chi connectivity index (χ2n) is 7.78. The molecular formula is C25H20FN3O3. The number of hydrogen-bond donors (Lipinski definition) is 0. The molecule has 0 aliphatic carbocycles. The van der Waals surface area contributed by atoms with Crippen molar-refractivity contribution in [1.29, 1.82) is 0 Å². The van der Waals surface area contributed by atoms with Crippen LogP contribution in [0.25, 0.3) is 11.4 Å². The van der Waals surface area contributed by atoms with Crippen LogP contribution in [-0.4, -0.2) is 22.6 Å². The number of rotatable bonds is 5. The van der Waals surface area contributed by atoms with Gasteiger partial charge in [-0.15, -0.1) is 0 Å². The third-order valence-corrected chi connectivity index (χ3v) is 5.42. The molecule has 32 heavy (non-hydrogen) atoms. The fraction of sp³-hybridized carbons (Fsp3) is 0.160. The lowest BCUT2D eigenvalue weighted by Crippen LogP contribution is -2.24. The van der Waals surface area contributed by atoms with Gasteiger partial charge in [0.2, 0.25) is 17.6 Å². The summed E-state index contributed by atoms with van der Waals surface area (Å²) in [7, 11) is 0. The first-order valence-corrected chi connectivity index (χ1v) is 10.3. The summed E-state index contributed by atoms with van der Waals surface area (Å²) < 4.78 is 24.2. The number of hydrogen-bond acceptors (Lipinski definition) is 5. The summed E-state index contributed by atoms with van der Waals surface area (Å²) in [5.74, 6) is 1.65. The Hall–Kier alpha value is -4.00. The predicted octanol–water partition coefficient (Wildman–Crippen LogP) is 5.50. The highest BCUT2D eigenvalue weighted by Crippen LogP contribution is 2.32. The van der Waals surface area contributed by atoms with E-state index in [0.29, 0.717) is 36.2 Å². The van der Waals surface area contributed by atoms with E-state index in [1.165, 1.54) is 12.1 Å². The van der Waals surface area contributed by atoms with Crippen LogP contribution in [0.3, 0.4) is 0 Å². The first-order valence-electron chi connectivity index (χ1n) is 10.3. The van der Waals surface area contributed by atoms with Gasteiger partial charge in [0.25, 0.3) is 0 Å². The molecule has 0 N–H and O–H groups in total. The van der Waals surface area contributed by atoms with Crippen molar-refractivity contribution in [2.24, 2.45) is 0 Å². The van der Waals surface area contributed by atoms with Crippen LogP contribution in [-0.2, 0) is 4.79 Å². The highest BCUT2D eigenvalue weighted by Gasteiger charge is 2.35. The first kappa shape index (κ1) is 19.9. The quantitative estimate of drug-likeness (QED) is 0.419. The Morgan fingerprint density at radius 3 is 2.31 bits per heavy atom. The summed E-state index contributed by atoms with van der Waals surface area (Å²) in [6.07, 6.45) is 0.333. The van der Waals surface area contributed by atoms with E-state index >= 15 is 0 Å². The van der Waals surface area contributed by atoms with Crippen molar-refractivity contribution in [3.63, 3.8) is 0 Å². The lowest BCUT2D eigenvalue weighted by molar-refractivity contribution is -0.117. The van der Waals surface area contributed by atoms with Gasteiger partial charge >= 0.3 is 0 Å². The molecule has 2 heterocycles. The number of ether oxygens (including phenoxy) is 1. The molecule has 6 nitrogen and oxygen atoms in total. The zero-order chi connectivity index (χ0) is 22.1. The number of benzene rings is 3. The van der Waals surface area contributed by atoms with Gasteiger partial charge in [-0.05, 0) is 67.6 Å². The Morgan fingerprint density at radius 1 is 0.969 bits per heavy atom. The second kappa shape index (κ2) is 8.26. The summed E-state index contributed by atoms with van der Waals surface area (Å²) in [6.45, 7) is 2.52. The lowest BCUT2D eigenvalue weighted by Gasteiger charge is -2.16. The highest BCUT2D eigenvalue weighted by atomic mass is 19.1. The van der Waals surface area contributed by atoms with Crippen molar-refractivity contribution in [2.45, 2.75) is 19.3 Å². The third-order valence-electron chi connectivity index (χ3n) is 5.42. The monoisotopic (exact) mass is 429 g/mol. The molecule has 1 aromatic heterocycles. The average Bonchev–Trinajstić information content (AvgIpc) is 3.44. The molecule has 1 aliphatic heterocycles. The minimum atomic E-state index is -0.313. The second-order valence-corrected chi connectivity index (χ2v) is 7.78. The number of aromatic nitrogens is 2. The predicted molar refractivity (Wildman–Crippen MR) is 117 cm³/mol. The largest absolute Gasteiger partial charge is 0.457 e. The van der Waals surface area contributed by atoms with Gasteiger partial charge in [0.05, 0.1) is 5.92 Å². The number of anilines is 1. The van der Waals surface area contributed by atoms with Gasteiger partial charge in [0.1, 0.15) is 17.3 Å². The molecule has 0 bridgehead atoms. The van der Waals surface area contributed by atoms with Gasteiger partial charge in [-0.1, -0.05) is 22.9 Å². The number of carbonyl (C=O) groups is 1. The maximum Gasteiger partial charge on any atom is 0.232 e. The first-order chi connectivity index (χ1) is 15.5. The Bertz CT molecular complexity index is 1230. The molecule has 7 heteroatoms. The molecule has 1 atom stereocenters. The highest BCUT2D eigenvalue weighted by molar-refractivity contribution is 5.96. The smallest absolute Gasteiger partial charge is 0.232 e. The normalized spacial score (nSPS) is 15.9. The summed E-state index contributed by atoms with van der Waals surface area (Å²) in [4.78, 5) is 18.8. The molecule has 1 fully saturated rings. The molecule has 0 saturated carbocycles.